The van der Waals surface area contributed by atoms with Crippen molar-refractivity contribution in [2.24, 2.45) is 5.14 Å². The number of rotatable bonds is 6. The minimum Gasteiger partial charge on any atom is -0.452 e. The molecule has 0 spiro atoms. The van der Waals surface area contributed by atoms with Gasteiger partial charge in [-0.3, -0.25) is 14.9 Å². The van der Waals surface area contributed by atoms with Gasteiger partial charge < -0.3 is 10.1 Å². The zero-order chi connectivity index (χ0) is 23.6. The van der Waals surface area contributed by atoms with Crippen molar-refractivity contribution in [3.05, 3.63) is 63.5 Å². The van der Waals surface area contributed by atoms with Gasteiger partial charge in [-0.1, -0.05) is 0 Å². The normalized spacial score (nSPS) is 11.6. The molecule has 2 aromatic carbocycles. The first kappa shape index (κ1) is 23.7. The zero-order valence-electron chi connectivity index (χ0n) is 15.0. The van der Waals surface area contributed by atoms with Crippen molar-refractivity contribution in [1.29, 1.82) is 0 Å². The second-order valence-electron chi connectivity index (χ2n) is 5.80. The molecule has 0 bridgehead atoms. The molecule has 0 radical (unpaired) electrons. The molecule has 0 aromatic heterocycles. The smallest absolute Gasteiger partial charge is 0.416 e. The Morgan fingerprint density at radius 1 is 1.16 bits per heavy atom. The van der Waals surface area contributed by atoms with E-state index in [1.165, 1.54) is 0 Å². The fraction of sp³-hybridized carbons (Fsp3) is 0.125. The van der Waals surface area contributed by atoms with Gasteiger partial charge in [0.1, 0.15) is 11.5 Å². The molecule has 2 aromatic rings. The van der Waals surface area contributed by atoms with Crippen LogP contribution in [0.25, 0.3) is 0 Å². The number of amides is 1. The fourth-order valence-corrected chi connectivity index (χ4v) is 2.74. The van der Waals surface area contributed by atoms with Crippen molar-refractivity contribution in [3.8, 4) is 0 Å². The van der Waals surface area contributed by atoms with Crippen LogP contribution >= 0.6 is 0 Å². The second kappa shape index (κ2) is 8.65. The van der Waals surface area contributed by atoms with E-state index in [1.54, 1.807) is 0 Å². The predicted molar refractivity (Wildman–Crippen MR) is 94.8 cm³/mol. The van der Waals surface area contributed by atoms with Crippen LogP contribution in [0.2, 0.25) is 0 Å². The van der Waals surface area contributed by atoms with Gasteiger partial charge in [0, 0.05) is 6.07 Å². The van der Waals surface area contributed by atoms with E-state index in [9.17, 15) is 45.7 Å². The van der Waals surface area contributed by atoms with Gasteiger partial charge in [0.25, 0.3) is 11.6 Å². The number of nitrogens with two attached hydrogens (primary N) is 1. The number of ether oxygens (including phenoxy) is 1. The minimum absolute atomic E-state index is 0.204. The monoisotopic (exact) mass is 465 g/mol. The van der Waals surface area contributed by atoms with E-state index in [1.807, 2.05) is 5.32 Å². The number of nitrogens with zero attached hydrogens (tertiary/aromatic N) is 1. The van der Waals surface area contributed by atoms with Gasteiger partial charge in [0.15, 0.2) is 6.61 Å². The Morgan fingerprint density at radius 3 is 2.35 bits per heavy atom. The fourth-order valence-electron chi connectivity index (χ4n) is 2.20. The van der Waals surface area contributed by atoms with Crippen molar-refractivity contribution >= 4 is 33.3 Å². The summed E-state index contributed by atoms with van der Waals surface area (Å²) in [6, 6.07) is 3.32. The summed E-state index contributed by atoms with van der Waals surface area (Å²) >= 11 is 0. The Morgan fingerprint density at radius 2 is 1.81 bits per heavy atom. The number of nitro benzene ring substituents is 1. The maximum atomic E-state index is 13.8. The average molecular weight is 465 g/mol. The number of benzene rings is 2. The van der Waals surface area contributed by atoms with Crippen LogP contribution in [-0.2, 0) is 25.7 Å². The largest absolute Gasteiger partial charge is 0.452 e. The Kier molecular flexibility index (Phi) is 6.61. The lowest BCUT2D eigenvalue weighted by Gasteiger charge is -2.10. The van der Waals surface area contributed by atoms with Gasteiger partial charge in [0.05, 0.1) is 20.9 Å². The minimum atomic E-state index is -4.86. The number of sulfonamides is 1. The summed E-state index contributed by atoms with van der Waals surface area (Å²) in [6.45, 7) is -1.12. The summed E-state index contributed by atoms with van der Waals surface area (Å²) in [6.07, 6.45) is -4.86. The molecule has 0 atom stereocenters. The van der Waals surface area contributed by atoms with Gasteiger partial charge in [-0.2, -0.15) is 13.2 Å². The molecular weight excluding hydrogens is 454 g/mol. The van der Waals surface area contributed by atoms with E-state index in [4.69, 9.17) is 5.14 Å². The van der Waals surface area contributed by atoms with Crippen molar-refractivity contribution in [2.75, 3.05) is 11.9 Å². The highest BCUT2D eigenvalue weighted by Crippen LogP contribution is 2.34. The Labute approximate surface area is 170 Å². The van der Waals surface area contributed by atoms with Gasteiger partial charge in [0.2, 0.25) is 10.0 Å². The molecule has 2 rings (SSSR count). The SMILES string of the molecule is NS(=O)(=O)c1ccc(F)c(C(=O)OCC(=O)Nc2ccc(C(F)(F)F)cc2[N+](=O)[O-])c1. The molecule has 0 fully saturated rings. The molecule has 0 saturated heterocycles. The third-order valence-electron chi connectivity index (χ3n) is 3.62. The zero-order valence-corrected chi connectivity index (χ0v) is 15.8. The van der Waals surface area contributed by atoms with Crippen molar-refractivity contribution in [1.82, 2.24) is 0 Å². The highest BCUT2D eigenvalue weighted by Gasteiger charge is 2.33. The maximum absolute atomic E-state index is 13.8. The topological polar surface area (TPSA) is 159 Å². The summed E-state index contributed by atoms with van der Waals surface area (Å²) in [4.78, 5) is 33.0. The first-order valence-corrected chi connectivity index (χ1v) is 9.39. The molecule has 3 N–H and O–H groups in total. The molecule has 166 valence electrons. The van der Waals surface area contributed by atoms with Gasteiger partial charge in [-0.25, -0.2) is 22.7 Å². The van der Waals surface area contributed by atoms with E-state index in [-0.39, 0.29) is 6.07 Å². The van der Waals surface area contributed by atoms with Crippen molar-refractivity contribution in [3.63, 3.8) is 0 Å². The summed E-state index contributed by atoms with van der Waals surface area (Å²) in [5.74, 6) is -3.84. The Hall–Kier alpha value is -3.59. The molecular formula is C16H11F4N3O7S. The van der Waals surface area contributed by atoms with Gasteiger partial charge >= 0.3 is 12.1 Å². The van der Waals surface area contributed by atoms with Crippen molar-refractivity contribution < 1.29 is 45.2 Å². The maximum Gasteiger partial charge on any atom is 0.416 e. The van der Waals surface area contributed by atoms with Crippen LogP contribution in [0.1, 0.15) is 15.9 Å². The van der Waals surface area contributed by atoms with E-state index < -0.39 is 72.8 Å². The third kappa shape index (κ3) is 5.95. The van der Waals surface area contributed by atoms with Crippen LogP contribution in [0, 0.1) is 15.9 Å². The first-order valence-electron chi connectivity index (χ1n) is 7.85. The number of anilines is 1. The number of carbonyl (C=O) groups excluding carboxylic acids is 2. The molecule has 10 nitrogen and oxygen atoms in total. The van der Waals surface area contributed by atoms with Crippen molar-refractivity contribution in [2.45, 2.75) is 11.1 Å². The molecule has 0 heterocycles. The van der Waals surface area contributed by atoms with E-state index in [0.717, 1.165) is 6.07 Å². The van der Waals surface area contributed by atoms with Crippen LogP contribution in [0.15, 0.2) is 41.3 Å². The number of alkyl halides is 3. The molecule has 31 heavy (non-hydrogen) atoms. The summed E-state index contributed by atoms with van der Waals surface area (Å²) in [7, 11) is -4.27. The Balaban J connectivity index is 2.14. The standard InChI is InChI=1S/C16H11F4N3O7S/c17-11-3-2-9(31(21,28)29)6-10(11)15(25)30-7-14(24)22-12-4-1-8(16(18,19)20)5-13(12)23(26)27/h1-6H,7H2,(H,22,24)(H2,21,28,29). The summed E-state index contributed by atoms with van der Waals surface area (Å²) in [5, 5.41) is 17.7. The number of hydrogen-bond donors (Lipinski definition) is 2. The number of carbonyl (C=O) groups is 2. The van der Waals surface area contributed by atoms with E-state index in [2.05, 4.69) is 4.74 Å². The van der Waals surface area contributed by atoms with Crippen LogP contribution < -0.4 is 10.5 Å². The highest BCUT2D eigenvalue weighted by atomic mass is 32.2. The van der Waals surface area contributed by atoms with Crippen LogP contribution in [0.4, 0.5) is 28.9 Å². The molecule has 0 unspecified atom stereocenters. The lowest BCUT2D eigenvalue weighted by atomic mass is 10.1. The number of halogens is 4. The summed E-state index contributed by atoms with van der Waals surface area (Å²) < 4.78 is 78.9. The molecule has 0 aliphatic carbocycles. The molecule has 0 saturated carbocycles. The number of nitrogens with one attached hydrogen (secondary N) is 1. The lowest BCUT2D eigenvalue weighted by Crippen LogP contribution is -2.22. The number of primary sulfonamides is 1. The molecule has 15 heteroatoms. The first-order chi connectivity index (χ1) is 14.2. The number of esters is 1. The van der Waals surface area contributed by atoms with E-state index >= 15 is 0 Å². The summed E-state index contributed by atoms with van der Waals surface area (Å²) in [5.41, 5.74) is -3.86. The van der Waals surface area contributed by atoms with E-state index in [0.29, 0.717) is 24.3 Å². The quantitative estimate of drug-likeness (QED) is 0.286. The lowest BCUT2D eigenvalue weighted by molar-refractivity contribution is -0.384. The van der Waals surface area contributed by atoms with Crippen LogP contribution in [0.3, 0.4) is 0 Å². The molecule has 1 amide bonds. The van der Waals surface area contributed by atoms with Gasteiger partial charge in [-0.15, -0.1) is 0 Å². The van der Waals surface area contributed by atoms with Crippen LogP contribution in [0.5, 0.6) is 0 Å². The van der Waals surface area contributed by atoms with Crippen LogP contribution in [-0.4, -0.2) is 31.8 Å². The number of hydrogen-bond acceptors (Lipinski definition) is 7. The van der Waals surface area contributed by atoms with Gasteiger partial charge in [-0.05, 0) is 30.3 Å². The molecule has 0 aliphatic rings. The Bertz CT molecular complexity index is 1170. The average Bonchev–Trinajstić information content (AvgIpc) is 2.64. The second-order valence-corrected chi connectivity index (χ2v) is 7.36. The molecule has 0 aliphatic heterocycles. The number of nitro groups is 1. The highest BCUT2D eigenvalue weighted by molar-refractivity contribution is 7.89. The third-order valence-corrected chi connectivity index (χ3v) is 4.53. The predicted octanol–water partition coefficient (Wildman–Crippen LogP) is 2.20.